The number of hydrogen-bond donors (Lipinski definition) is 1. The van der Waals surface area contributed by atoms with Crippen LogP contribution in [0.5, 0.6) is 0 Å². The number of benzene rings is 1. The van der Waals surface area contributed by atoms with Gasteiger partial charge in [0, 0.05) is 18.4 Å². The quantitative estimate of drug-likeness (QED) is 0.921. The monoisotopic (exact) mass is 310 g/mol. The number of carbonyl (C=O) groups excluding carboxylic acids is 1. The lowest BCUT2D eigenvalue weighted by Gasteiger charge is -2.08. The molecule has 0 unspecified atom stereocenters. The van der Waals surface area contributed by atoms with Gasteiger partial charge in [-0.1, -0.05) is 29.3 Å². The fourth-order valence-corrected chi connectivity index (χ4v) is 2.25. The molecule has 0 bridgehead atoms. The lowest BCUT2D eigenvalue weighted by molar-refractivity contribution is -0.120. The van der Waals surface area contributed by atoms with E-state index in [-0.39, 0.29) is 5.91 Å². The van der Waals surface area contributed by atoms with Crippen molar-refractivity contribution < 1.29 is 4.79 Å². The van der Waals surface area contributed by atoms with Crippen molar-refractivity contribution in [2.24, 2.45) is 7.05 Å². The molecule has 0 radical (unpaired) electrons. The Kier molecular flexibility index (Phi) is 4.73. The highest BCUT2D eigenvalue weighted by Crippen LogP contribution is 2.22. The molecule has 0 aliphatic carbocycles. The summed E-state index contributed by atoms with van der Waals surface area (Å²) in [5, 5.41) is 3.86. The van der Waals surface area contributed by atoms with Gasteiger partial charge < -0.3 is 9.88 Å². The van der Waals surface area contributed by atoms with E-state index >= 15 is 0 Å². The number of halogens is 2. The zero-order valence-electron chi connectivity index (χ0n) is 11.4. The van der Waals surface area contributed by atoms with Crippen molar-refractivity contribution >= 4 is 29.1 Å². The summed E-state index contributed by atoms with van der Waals surface area (Å²) in [5.41, 5.74) is 3.09. The predicted octanol–water partition coefficient (Wildman–Crippen LogP) is 3.50. The minimum atomic E-state index is -0.0396. The van der Waals surface area contributed by atoms with E-state index in [0.717, 1.165) is 11.3 Å². The lowest BCUT2D eigenvalue weighted by Crippen LogP contribution is -2.25. The Morgan fingerprint density at radius 3 is 2.55 bits per heavy atom. The highest BCUT2D eigenvalue weighted by atomic mass is 35.5. The van der Waals surface area contributed by atoms with Crippen LogP contribution < -0.4 is 5.32 Å². The van der Waals surface area contributed by atoms with Crippen LogP contribution in [0.1, 0.15) is 17.0 Å². The molecule has 2 aromatic rings. The molecule has 5 heteroatoms. The average molecular weight is 311 g/mol. The van der Waals surface area contributed by atoms with E-state index in [1.165, 1.54) is 5.69 Å². The van der Waals surface area contributed by atoms with Crippen LogP contribution in [0.3, 0.4) is 0 Å². The summed E-state index contributed by atoms with van der Waals surface area (Å²) in [4.78, 5) is 11.9. The van der Waals surface area contributed by atoms with E-state index in [1.54, 1.807) is 18.2 Å². The smallest absolute Gasteiger partial charge is 0.224 e. The van der Waals surface area contributed by atoms with Crippen LogP contribution >= 0.6 is 23.2 Å². The maximum atomic E-state index is 11.9. The molecular weight excluding hydrogens is 295 g/mol. The van der Waals surface area contributed by atoms with E-state index in [4.69, 9.17) is 23.2 Å². The Bertz CT molecular complexity index is 635. The van der Waals surface area contributed by atoms with E-state index in [9.17, 15) is 4.79 Å². The third-order valence-electron chi connectivity index (χ3n) is 3.29. The molecule has 1 N–H and O–H groups in total. The van der Waals surface area contributed by atoms with Gasteiger partial charge >= 0.3 is 0 Å². The summed E-state index contributed by atoms with van der Waals surface area (Å²) in [6.07, 6.45) is 0.292. The van der Waals surface area contributed by atoms with Crippen LogP contribution in [0.15, 0.2) is 30.3 Å². The SMILES string of the molecule is Cc1ccc(CNC(=O)Cc2ccc(Cl)c(Cl)c2)n1C. The van der Waals surface area contributed by atoms with Crippen LogP contribution in [-0.4, -0.2) is 10.5 Å². The zero-order chi connectivity index (χ0) is 14.7. The van der Waals surface area contributed by atoms with Crippen molar-refractivity contribution in [2.75, 3.05) is 0 Å². The molecule has 0 spiro atoms. The molecule has 1 aromatic heterocycles. The second kappa shape index (κ2) is 6.33. The number of carbonyl (C=O) groups is 1. The Hall–Kier alpha value is -1.45. The van der Waals surface area contributed by atoms with Crippen molar-refractivity contribution in [3.05, 3.63) is 57.3 Å². The zero-order valence-corrected chi connectivity index (χ0v) is 12.9. The van der Waals surface area contributed by atoms with Crippen molar-refractivity contribution in [1.29, 1.82) is 0 Å². The standard InChI is InChI=1S/C15H16Cl2N2O/c1-10-3-5-12(19(10)2)9-18-15(20)8-11-4-6-13(16)14(17)7-11/h3-7H,8-9H2,1-2H3,(H,18,20). The van der Waals surface area contributed by atoms with Gasteiger partial charge in [-0.15, -0.1) is 0 Å². The summed E-state index contributed by atoms with van der Waals surface area (Å²) in [6.45, 7) is 2.55. The summed E-state index contributed by atoms with van der Waals surface area (Å²) >= 11 is 11.8. The van der Waals surface area contributed by atoms with Gasteiger partial charge in [0.2, 0.25) is 5.91 Å². The lowest BCUT2D eigenvalue weighted by atomic mass is 10.1. The maximum absolute atomic E-state index is 11.9. The molecule has 3 nitrogen and oxygen atoms in total. The molecule has 0 saturated carbocycles. The van der Waals surface area contributed by atoms with Crippen LogP contribution in [0.25, 0.3) is 0 Å². The molecule has 106 valence electrons. The first kappa shape index (κ1) is 14.9. The van der Waals surface area contributed by atoms with Crippen LogP contribution in [0.2, 0.25) is 10.0 Å². The Labute approximate surface area is 128 Å². The molecule has 0 atom stereocenters. The largest absolute Gasteiger partial charge is 0.350 e. The van der Waals surface area contributed by atoms with Crippen molar-refractivity contribution in [3.8, 4) is 0 Å². The van der Waals surface area contributed by atoms with Crippen molar-refractivity contribution in [2.45, 2.75) is 19.9 Å². The van der Waals surface area contributed by atoms with Gasteiger partial charge in [0.25, 0.3) is 0 Å². The number of aromatic nitrogens is 1. The second-order valence-corrected chi connectivity index (χ2v) is 5.54. The molecule has 1 heterocycles. The molecule has 0 saturated heterocycles. The Balaban J connectivity index is 1.92. The molecule has 1 aromatic carbocycles. The van der Waals surface area contributed by atoms with Gasteiger partial charge in [-0.25, -0.2) is 0 Å². The second-order valence-electron chi connectivity index (χ2n) is 4.73. The van der Waals surface area contributed by atoms with Crippen molar-refractivity contribution in [3.63, 3.8) is 0 Å². The summed E-state index contributed by atoms with van der Waals surface area (Å²) in [6, 6.07) is 9.26. The van der Waals surface area contributed by atoms with E-state index in [2.05, 4.69) is 9.88 Å². The van der Waals surface area contributed by atoms with Gasteiger partial charge in [0.1, 0.15) is 0 Å². The minimum absolute atomic E-state index is 0.0396. The molecule has 0 aliphatic heterocycles. The van der Waals surface area contributed by atoms with Crippen molar-refractivity contribution in [1.82, 2.24) is 9.88 Å². The van der Waals surface area contributed by atoms with Gasteiger partial charge in [-0.3, -0.25) is 4.79 Å². The first-order valence-corrected chi connectivity index (χ1v) is 7.05. The Morgan fingerprint density at radius 2 is 1.95 bits per heavy atom. The third-order valence-corrected chi connectivity index (χ3v) is 4.03. The molecule has 20 heavy (non-hydrogen) atoms. The topological polar surface area (TPSA) is 34.0 Å². The van der Waals surface area contributed by atoms with E-state index < -0.39 is 0 Å². The van der Waals surface area contributed by atoms with E-state index in [1.807, 2.05) is 26.1 Å². The summed E-state index contributed by atoms with van der Waals surface area (Å²) in [7, 11) is 1.98. The molecule has 2 rings (SSSR count). The minimum Gasteiger partial charge on any atom is -0.350 e. The first-order chi connectivity index (χ1) is 9.47. The predicted molar refractivity (Wildman–Crippen MR) is 82.2 cm³/mol. The van der Waals surface area contributed by atoms with Gasteiger partial charge in [-0.05, 0) is 36.8 Å². The van der Waals surface area contributed by atoms with E-state index in [0.29, 0.717) is 23.0 Å². The highest BCUT2D eigenvalue weighted by molar-refractivity contribution is 6.42. The number of hydrogen-bond acceptors (Lipinski definition) is 1. The van der Waals surface area contributed by atoms with Crippen LogP contribution in [0, 0.1) is 6.92 Å². The molecule has 1 amide bonds. The Morgan fingerprint density at radius 1 is 1.20 bits per heavy atom. The highest BCUT2D eigenvalue weighted by Gasteiger charge is 2.07. The fourth-order valence-electron chi connectivity index (χ4n) is 1.93. The fraction of sp³-hybridized carbons (Fsp3) is 0.267. The first-order valence-electron chi connectivity index (χ1n) is 6.29. The van der Waals surface area contributed by atoms with Gasteiger partial charge in [0.15, 0.2) is 0 Å². The molecule has 0 fully saturated rings. The maximum Gasteiger partial charge on any atom is 0.224 e. The third kappa shape index (κ3) is 3.56. The number of nitrogens with one attached hydrogen (secondary N) is 1. The number of aryl methyl sites for hydroxylation is 1. The van der Waals surface area contributed by atoms with Crippen LogP contribution in [0.4, 0.5) is 0 Å². The summed E-state index contributed by atoms with van der Waals surface area (Å²) in [5.74, 6) is -0.0396. The molecule has 0 aliphatic rings. The number of nitrogens with zero attached hydrogens (tertiary/aromatic N) is 1. The van der Waals surface area contributed by atoms with Gasteiger partial charge in [0.05, 0.1) is 23.0 Å². The molecular formula is C15H16Cl2N2O. The summed E-state index contributed by atoms with van der Waals surface area (Å²) < 4.78 is 2.05. The number of rotatable bonds is 4. The van der Waals surface area contributed by atoms with Crippen LogP contribution in [-0.2, 0) is 24.8 Å². The number of amides is 1. The van der Waals surface area contributed by atoms with Gasteiger partial charge in [-0.2, -0.15) is 0 Å². The normalized spacial score (nSPS) is 10.6. The average Bonchev–Trinajstić information content (AvgIpc) is 2.72.